The molecule has 0 amide bonds. The summed E-state index contributed by atoms with van der Waals surface area (Å²) in [6.07, 6.45) is 0. The van der Waals surface area contributed by atoms with Crippen LogP contribution in [0.2, 0.25) is 0 Å². The van der Waals surface area contributed by atoms with E-state index in [4.69, 9.17) is 0 Å². The van der Waals surface area contributed by atoms with E-state index in [0.29, 0.717) is 12.5 Å². The number of guanidine groups is 1. The number of rotatable bonds is 7. The number of nitrogens with zero attached hydrogens (tertiary/aromatic N) is 1. The highest BCUT2D eigenvalue weighted by molar-refractivity contribution is 7.07. The average molecular weight is 346 g/mol. The Morgan fingerprint density at radius 1 is 1.25 bits per heavy atom. The SMILES string of the molecule is CCNC(=NCC(C)(O)c1ccccc1)NCC(C)c1ccsc1. The number of aliphatic hydroxyl groups is 1. The molecule has 0 fully saturated rings. The molecule has 5 heteroatoms. The Bertz CT molecular complexity index is 623. The molecule has 0 aliphatic heterocycles. The summed E-state index contributed by atoms with van der Waals surface area (Å²) < 4.78 is 0. The summed E-state index contributed by atoms with van der Waals surface area (Å²) in [5.74, 6) is 1.14. The van der Waals surface area contributed by atoms with Gasteiger partial charge in [0.2, 0.25) is 0 Å². The second-order valence-corrected chi connectivity index (χ2v) is 6.95. The van der Waals surface area contributed by atoms with E-state index in [1.807, 2.05) is 37.3 Å². The lowest BCUT2D eigenvalue weighted by molar-refractivity contribution is 0.0672. The summed E-state index contributed by atoms with van der Waals surface area (Å²) in [6.45, 7) is 7.92. The summed E-state index contributed by atoms with van der Waals surface area (Å²) in [4.78, 5) is 4.56. The second-order valence-electron chi connectivity index (χ2n) is 6.17. The summed E-state index contributed by atoms with van der Waals surface area (Å²) in [5.41, 5.74) is 1.22. The molecular formula is C19H27N3OS. The van der Waals surface area contributed by atoms with Crippen molar-refractivity contribution in [1.82, 2.24) is 10.6 Å². The van der Waals surface area contributed by atoms with Crippen molar-refractivity contribution in [2.75, 3.05) is 19.6 Å². The van der Waals surface area contributed by atoms with Gasteiger partial charge >= 0.3 is 0 Å². The van der Waals surface area contributed by atoms with Gasteiger partial charge in [0.15, 0.2) is 5.96 Å². The maximum absolute atomic E-state index is 10.7. The highest BCUT2D eigenvalue weighted by Gasteiger charge is 2.22. The van der Waals surface area contributed by atoms with Crippen molar-refractivity contribution in [3.63, 3.8) is 0 Å². The monoisotopic (exact) mass is 345 g/mol. The summed E-state index contributed by atoms with van der Waals surface area (Å²) in [7, 11) is 0. The lowest BCUT2D eigenvalue weighted by atomic mass is 9.96. The van der Waals surface area contributed by atoms with Gasteiger partial charge in [0.05, 0.1) is 6.54 Å². The number of benzene rings is 1. The minimum absolute atomic E-state index is 0.305. The molecule has 0 aliphatic rings. The van der Waals surface area contributed by atoms with Gasteiger partial charge in [0.1, 0.15) is 5.60 Å². The Kier molecular flexibility index (Phi) is 6.82. The Morgan fingerprint density at radius 3 is 2.62 bits per heavy atom. The third-order valence-electron chi connectivity index (χ3n) is 3.97. The molecule has 2 aromatic rings. The molecule has 4 nitrogen and oxygen atoms in total. The normalized spacial score (nSPS) is 15.6. The number of aliphatic imine (C=N–C) groups is 1. The van der Waals surface area contributed by atoms with Gasteiger partial charge in [0, 0.05) is 13.1 Å². The van der Waals surface area contributed by atoms with Gasteiger partial charge in [-0.2, -0.15) is 11.3 Å². The molecule has 24 heavy (non-hydrogen) atoms. The van der Waals surface area contributed by atoms with Gasteiger partial charge < -0.3 is 15.7 Å². The minimum Gasteiger partial charge on any atom is -0.384 e. The van der Waals surface area contributed by atoms with Gasteiger partial charge in [-0.3, -0.25) is 0 Å². The van der Waals surface area contributed by atoms with Gasteiger partial charge in [-0.1, -0.05) is 37.3 Å². The highest BCUT2D eigenvalue weighted by atomic mass is 32.1. The van der Waals surface area contributed by atoms with Crippen LogP contribution < -0.4 is 10.6 Å². The van der Waals surface area contributed by atoms with Gasteiger partial charge in [-0.15, -0.1) is 0 Å². The fourth-order valence-corrected chi connectivity index (χ4v) is 3.17. The zero-order valence-electron chi connectivity index (χ0n) is 14.6. The van der Waals surface area contributed by atoms with Gasteiger partial charge in [-0.05, 0) is 47.7 Å². The van der Waals surface area contributed by atoms with Crippen LogP contribution in [0, 0.1) is 0 Å². The second kappa shape index (κ2) is 8.85. The van der Waals surface area contributed by atoms with E-state index in [2.05, 4.69) is 39.4 Å². The first-order chi connectivity index (χ1) is 11.5. The maximum Gasteiger partial charge on any atom is 0.191 e. The minimum atomic E-state index is -0.984. The van der Waals surface area contributed by atoms with Crippen molar-refractivity contribution in [2.24, 2.45) is 4.99 Å². The van der Waals surface area contributed by atoms with Crippen LogP contribution in [-0.2, 0) is 5.60 Å². The number of nitrogens with one attached hydrogen (secondary N) is 2. The first-order valence-electron chi connectivity index (χ1n) is 8.35. The third-order valence-corrected chi connectivity index (χ3v) is 4.67. The molecule has 0 saturated carbocycles. The van der Waals surface area contributed by atoms with Crippen molar-refractivity contribution in [1.29, 1.82) is 0 Å². The molecule has 0 saturated heterocycles. The van der Waals surface area contributed by atoms with Crippen LogP contribution in [0.15, 0.2) is 52.2 Å². The van der Waals surface area contributed by atoms with Crippen LogP contribution in [-0.4, -0.2) is 30.7 Å². The Hall–Kier alpha value is -1.85. The highest BCUT2D eigenvalue weighted by Crippen LogP contribution is 2.20. The standard InChI is InChI=1S/C19H27N3OS/c1-4-20-18(21-12-15(2)16-10-11-24-13-16)22-14-19(3,23)17-8-6-5-7-9-17/h5-11,13,15,23H,4,12,14H2,1-3H3,(H2,20,21,22). The number of hydrogen-bond acceptors (Lipinski definition) is 3. The zero-order chi connectivity index (χ0) is 17.4. The molecule has 0 aliphatic carbocycles. The Morgan fingerprint density at radius 2 is 2.00 bits per heavy atom. The molecule has 2 atom stereocenters. The summed E-state index contributed by atoms with van der Waals surface area (Å²) >= 11 is 1.72. The Labute approximate surface area is 148 Å². The van der Waals surface area contributed by atoms with Crippen molar-refractivity contribution in [2.45, 2.75) is 32.3 Å². The third kappa shape index (κ3) is 5.35. The molecule has 0 spiro atoms. The molecule has 1 heterocycles. The predicted molar refractivity (Wildman–Crippen MR) is 103 cm³/mol. The summed E-state index contributed by atoms with van der Waals surface area (Å²) in [5, 5.41) is 21.5. The average Bonchev–Trinajstić information content (AvgIpc) is 3.12. The van der Waals surface area contributed by atoms with Crippen molar-refractivity contribution in [3.05, 3.63) is 58.3 Å². The largest absolute Gasteiger partial charge is 0.384 e. The van der Waals surface area contributed by atoms with Crippen LogP contribution in [0.5, 0.6) is 0 Å². The van der Waals surface area contributed by atoms with E-state index in [1.54, 1.807) is 18.3 Å². The van der Waals surface area contributed by atoms with E-state index >= 15 is 0 Å². The lowest BCUT2D eigenvalue weighted by Gasteiger charge is -2.23. The topological polar surface area (TPSA) is 56.7 Å². The first-order valence-corrected chi connectivity index (χ1v) is 9.29. The van der Waals surface area contributed by atoms with Gasteiger partial charge in [-0.25, -0.2) is 4.99 Å². The Balaban J connectivity index is 1.97. The van der Waals surface area contributed by atoms with Crippen LogP contribution in [0.3, 0.4) is 0 Å². The van der Waals surface area contributed by atoms with E-state index in [1.165, 1.54) is 5.56 Å². The predicted octanol–water partition coefficient (Wildman–Crippen LogP) is 3.31. The fraction of sp³-hybridized carbons (Fsp3) is 0.421. The number of thiophene rings is 1. The van der Waals surface area contributed by atoms with Crippen molar-refractivity contribution >= 4 is 17.3 Å². The van der Waals surface area contributed by atoms with Crippen LogP contribution in [0.25, 0.3) is 0 Å². The maximum atomic E-state index is 10.7. The van der Waals surface area contributed by atoms with E-state index < -0.39 is 5.60 Å². The molecular weight excluding hydrogens is 318 g/mol. The summed E-state index contributed by atoms with van der Waals surface area (Å²) in [6, 6.07) is 11.8. The quantitative estimate of drug-likeness (QED) is 0.533. The zero-order valence-corrected chi connectivity index (χ0v) is 15.4. The van der Waals surface area contributed by atoms with Crippen LogP contribution in [0.1, 0.15) is 37.8 Å². The van der Waals surface area contributed by atoms with Crippen LogP contribution >= 0.6 is 11.3 Å². The molecule has 2 unspecified atom stereocenters. The van der Waals surface area contributed by atoms with E-state index in [0.717, 1.165) is 24.6 Å². The first kappa shape index (κ1) is 18.5. The molecule has 1 aromatic heterocycles. The molecule has 130 valence electrons. The van der Waals surface area contributed by atoms with Crippen LogP contribution in [0.4, 0.5) is 0 Å². The van der Waals surface area contributed by atoms with Crippen molar-refractivity contribution < 1.29 is 5.11 Å². The molecule has 3 N–H and O–H groups in total. The van der Waals surface area contributed by atoms with Crippen molar-refractivity contribution in [3.8, 4) is 0 Å². The molecule has 0 radical (unpaired) electrons. The fourth-order valence-electron chi connectivity index (χ4n) is 2.39. The van der Waals surface area contributed by atoms with Gasteiger partial charge in [0.25, 0.3) is 0 Å². The smallest absolute Gasteiger partial charge is 0.191 e. The molecule has 0 bridgehead atoms. The lowest BCUT2D eigenvalue weighted by Crippen LogP contribution is -2.40. The molecule has 2 rings (SSSR count). The molecule has 1 aromatic carbocycles. The number of hydrogen-bond donors (Lipinski definition) is 3. The van der Waals surface area contributed by atoms with E-state index in [-0.39, 0.29) is 0 Å². The van der Waals surface area contributed by atoms with E-state index in [9.17, 15) is 5.11 Å².